The number of hydrogen-bond acceptors (Lipinski definition) is 7. The Hall–Kier alpha value is -2.97. The maximum Gasteiger partial charge on any atom is 0.241 e. The van der Waals surface area contributed by atoms with Crippen molar-refractivity contribution in [1.82, 2.24) is 20.4 Å². The molecule has 0 bridgehead atoms. The first-order valence-corrected chi connectivity index (χ1v) is 9.19. The second kappa shape index (κ2) is 7.21. The van der Waals surface area contributed by atoms with Crippen LogP contribution in [0.3, 0.4) is 0 Å². The number of nitrogens with one attached hydrogen (secondary N) is 1. The average Bonchev–Trinajstić information content (AvgIpc) is 3.37. The third kappa shape index (κ3) is 3.32. The summed E-state index contributed by atoms with van der Waals surface area (Å²) in [6.07, 6.45) is 0. The predicted molar refractivity (Wildman–Crippen MR) is 98.3 cm³/mol. The van der Waals surface area contributed by atoms with Gasteiger partial charge in [-0.1, -0.05) is 17.3 Å². The van der Waals surface area contributed by atoms with Crippen LogP contribution < -0.4 is 14.8 Å². The summed E-state index contributed by atoms with van der Waals surface area (Å²) in [4.78, 5) is 6.76. The van der Waals surface area contributed by atoms with Crippen LogP contribution in [0.1, 0.15) is 17.5 Å². The summed E-state index contributed by atoms with van der Waals surface area (Å²) in [6, 6.07) is 12.3. The maximum atomic E-state index is 13.7. The van der Waals surface area contributed by atoms with E-state index in [1.165, 1.54) is 6.07 Å². The molecule has 0 aliphatic carbocycles. The Labute approximate surface area is 161 Å². The first kappa shape index (κ1) is 17.2. The molecule has 1 atom stereocenters. The summed E-state index contributed by atoms with van der Waals surface area (Å²) >= 11 is 0. The largest absolute Gasteiger partial charge is 0.454 e. The third-order valence-electron chi connectivity index (χ3n) is 5.02. The van der Waals surface area contributed by atoms with E-state index >= 15 is 0 Å². The zero-order valence-corrected chi connectivity index (χ0v) is 15.1. The molecule has 0 saturated carbocycles. The number of benzene rings is 2. The van der Waals surface area contributed by atoms with Crippen LogP contribution >= 0.6 is 0 Å². The van der Waals surface area contributed by atoms with Gasteiger partial charge in [0.25, 0.3) is 0 Å². The second-order valence-corrected chi connectivity index (χ2v) is 6.83. The summed E-state index contributed by atoms with van der Waals surface area (Å²) in [7, 11) is 0. The van der Waals surface area contributed by atoms with E-state index in [2.05, 4.69) is 20.4 Å². The lowest BCUT2D eigenvalue weighted by atomic mass is 10.0. The number of fused-ring (bicyclic) bond motifs is 1. The Morgan fingerprint density at radius 1 is 1.14 bits per heavy atom. The summed E-state index contributed by atoms with van der Waals surface area (Å²) in [5.74, 6) is 2.19. The monoisotopic (exact) mass is 382 g/mol. The van der Waals surface area contributed by atoms with Gasteiger partial charge in [-0.15, -0.1) is 0 Å². The lowest BCUT2D eigenvalue weighted by Gasteiger charge is -2.35. The zero-order valence-electron chi connectivity index (χ0n) is 15.1. The Bertz CT molecular complexity index is 993. The number of piperazine rings is 1. The molecular weight excluding hydrogens is 363 g/mol. The van der Waals surface area contributed by atoms with Crippen molar-refractivity contribution >= 4 is 0 Å². The highest BCUT2D eigenvalue weighted by Crippen LogP contribution is 2.35. The number of hydrogen-bond donors (Lipinski definition) is 1. The second-order valence-electron chi connectivity index (χ2n) is 6.83. The van der Waals surface area contributed by atoms with Gasteiger partial charge in [0, 0.05) is 31.2 Å². The van der Waals surface area contributed by atoms with Gasteiger partial charge in [0.15, 0.2) is 11.5 Å². The van der Waals surface area contributed by atoms with Crippen LogP contribution in [0.4, 0.5) is 4.39 Å². The molecule has 2 aliphatic heterocycles. The van der Waals surface area contributed by atoms with Gasteiger partial charge in [-0.2, -0.15) is 4.98 Å². The fraction of sp³-hybridized carbons (Fsp3) is 0.300. The van der Waals surface area contributed by atoms with Crippen LogP contribution in [-0.2, 0) is 6.54 Å². The van der Waals surface area contributed by atoms with Crippen molar-refractivity contribution in [1.29, 1.82) is 0 Å². The van der Waals surface area contributed by atoms with Gasteiger partial charge in [0.05, 0.1) is 6.54 Å². The van der Waals surface area contributed by atoms with Gasteiger partial charge in [0.1, 0.15) is 5.82 Å². The molecule has 28 heavy (non-hydrogen) atoms. The molecule has 1 N–H and O–H groups in total. The summed E-state index contributed by atoms with van der Waals surface area (Å²) in [5.41, 5.74) is 1.74. The highest BCUT2D eigenvalue weighted by molar-refractivity contribution is 5.61. The minimum Gasteiger partial charge on any atom is -0.454 e. The maximum absolute atomic E-state index is 13.7. The minimum atomic E-state index is -0.231. The molecule has 0 spiro atoms. The van der Waals surface area contributed by atoms with E-state index in [1.807, 2.05) is 24.3 Å². The van der Waals surface area contributed by atoms with E-state index in [0.29, 0.717) is 29.8 Å². The lowest BCUT2D eigenvalue weighted by Crippen LogP contribution is -2.45. The Kier molecular flexibility index (Phi) is 4.42. The summed E-state index contributed by atoms with van der Waals surface area (Å²) < 4.78 is 29.9. The zero-order chi connectivity index (χ0) is 18.9. The average molecular weight is 382 g/mol. The molecule has 3 heterocycles. The van der Waals surface area contributed by atoms with Crippen LogP contribution in [0, 0.1) is 5.82 Å². The van der Waals surface area contributed by atoms with Gasteiger partial charge in [-0.25, -0.2) is 4.39 Å². The van der Waals surface area contributed by atoms with Crippen LogP contribution in [0.5, 0.6) is 11.5 Å². The molecule has 1 saturated heterocycles. The predicted octanol–water partition coefficient (Wildman–Crippen LogP) is 2.75. The molecule has 1 aromatic heterocycles. The number of rotatable bonds is 4. The standard InChI is InChI=1S/C20H19FN4O3/c21-15-3-1-2-13(8-15)16-10-22-6-7-25(16)11-19-23-20(24-28-19)14-4-5-17-18(9-14)27-12-26-17/h1-5,8-9,16,22H,6-7,10-12H2. The quantitative estimate of drug-likeness (QED) is 0.744. The normalized spacial score (nSPS) is 19.1. The summed E-state index contributed by atoms with van der Waals surface area (Å²) in [5, 5.41) is 7.47. The Balaban J connectivity index is 1.35. The van der Waals surface area contributed by atoms with Gasteiger partial charge in [-0.05, 0) is 35.9 Å². The van der Waals surface area contributed by atoms with Crippen LogP contribution in [-0.4, -0.2) is 41.5 Å². The minimum absolute atomic E-state index is 0.0466. The van der Waals surface area contributed by atoms with Crippen LogP contribution in [0.25, 0.3) is 11.4 Å². The molecule has 1 unspecified atom stereocenters. The highest BCUT2D eigenvalue weighted by Gasteiger charge is 2.26. The molecule has 5 rings (SSSR count). The molecule has 0 radical (unpaired) electrons. The van der Waals surface area contributed by atoms with Gasteiger partial charge in [0.2, 0.25) is 18.5 Å². The fourth-order valence-electron chi connectivity index (χ4n) is 3.62. The first-order valence-electron chi connectivity index (χ1n) is 9.19. The lowest BCUT2D eigenvalue weighted by molar-refractivity contribution is 0.135. The molecule has 144 valence electrons. The van der Waals surface area contributed by atoms with E-state index in [1.54, 1.807) is 12.1 Å². The molecule has 2 aliphatic rings. The van der Waals surface area contributed by atoms with Crippen LogP contribution in [0.2, 0.25) is 0 Å². The molecule has 0 amide bonds. The number of ether oxygens (including phenoxy) is 2. The van der Waals surface area contributed by atoms with Crippen LogP contribution in [0.15, 0.2) is 47.0 Å². The molecule has 1 fully saturated rings. The van der Waals surface area contributed by atoms with Crippen molar-refractivity contribution < 1.29 is 18.4 Å². The van der Waals surface area contributed by atoms with Gasteiger partial charge < -0.3 is 19.3 Å². The van der Waals surface area contributed by atoms with Crippen molar-refractivity contribution in [2.24, 2.45) is 0 Å². The number of halogens is 1. The van der Waals surface area contributed by atoms with Crippen molar-refractivity contribution in [2.45, 2.75) is 12.6 Å². The van der Waals surface area contributed by atoms with E-state index < -0.39 is 0 Å². The van der Waals surface area contributed by atoms with E-state index in [4.69, 9.17) is 14.0 Å². The molecule has 7 nitrogen and oxygen atoms in total. The van der Waals surface area contributed by atoms with Crippen molar-refractivity contribution in [3.8, 4) is 22.9 Å². The van der Waals surface area contributed by atoms with E-state index in [9.17, 15) is 4.39 Å². The first-order chi connectivity index (χ1) is 13.8. The summed E-state index contributed by atoms with van der Waals surface area (Å²) in [6.45, 7) is 3.13. The smallest absolute Gasteiger partial charge is 0.241 e. The van der Waals surface area contributed by atoms with E-state index in [0.717, 1.165) is 30.8 Å². The highest BCUT2D eigenvalue weighted by atomic mass is 19.1. The topological polar surface area (TPSA) is 72.7 Å². The molecular formula is C20H19FN4O3. The Morgan fingerprint density at radius 3 is 3.00 bits per heavy atom. The van der Waals surface area contributed by atoms with Gasteiger partial charge in [-0.3, -0.25) is 4.90 Å². The SMILES string of the molecule is Fc1cccc(C2CNCCN2Cc2nc(-c3ccc4c(c3)OCO4)no2)c1. The number of aromatic nitrogens is 2. The molecule has 8 heteroatoms. The Morgan fingerprint density at radius 2 is 2.07 bits per heavy atom. The molecule has 3 aromatic rings. The van der Waals surface area contributed by atoms with Crippen molar-refractivity contribution in [3.05, 3.63) is 59.7 Å². The molecule has 2 aromatic carbocycles. The fourth-order valence-corrected chi connectivity index (χ4v) is 3.62. The van der Waals surface area contributed by atoms with Crippen molar-refractivity contribution in [3.63, 3.8) is 0 Å². The van der Waals surface area contributed by atoms with Crippen molar-refractivity contribution in [2.75, 3.05) is 26.4 Å². The number of nitrogens with zero attached hydrogens (tertiary/aromatic N) is 3. The van der Waals surface area contributed by atoms with Gasteiger partial charge >= 0.3 is 0 Å². The van der Waals surface area contributed by atoms with E-state index in [-0.39, 0.29) is 18.7 Å². The third-order valence-corrected chi connectivity index (χ3v) is 5.02.